The molecule has 4 aliphatic rings. The second-order valence-electron chi connectivity index (χ2n) is 7.49. The topological polar surface area (TPSA) is 81.8 Å². The van der Waals surface area contributed by atoms with Crippen molar-refractivity contribution >= 4 is 30.3 Å². The van der Waals surface area contributed by atoms with Crippen molar-refractivity contribution in [3.63, 3.8) is 0 Å². The molecule has 0 aromatic carbocycles. The number of urea groups is 1. The highest BCUT2D eigenvalue weighted by Gasteiger charge is 2.55. The van der Waals surface area contributed by atoms with Crippen LogP contribution in [0.15, 0.2) is 0 Å². The zero-order chi connectivity index (χ0) is 16.2. The third-order valence-electron chi connectivity index (χ3n) is 6.10. The molecule has 134 valence electrons. The predicted octanol–water partition coefficient (Wildman–Crippen LogP) is 0.339. The first-order valence-corrected chi connectivity index (χ1v) is 8.67. The molecule has 24 heavy (non-hydrogen) atoms. The second kappa shape index (κ2) is 6.19. The predicted molar refractivity (Wildman–Crippen MR) is 89.7 cm³/mol. The van der Waals surface area contributed by atoms with Crippen LogP contribution < -0.4 is 10.6 Å². The number of carbonyl (C=O) groups is 3. The Morgan fingerprint density at radius 2 is 1.75 bits per heavy atom. The van der Waals surface area contributed by atoms with Crippen molar-refractivity contribution in [1.29, 1.82) is 0 Å². The Balaban J connectivity index is 0.00000169. The largest absolute Gasteiger partial charge is 0.340 e. The van der Waals surface area contributed by atoms with Gasteiger partial charge in [0.25, 0.3) is 5.91 Å². The molecule has 0 aromatic heterocycles. The highest BCUT2D eigenvalue weighted by Crippen LogP contribution is 2.36. The highest BCUT2D eigenvalue weighted by atomic mass is 35.5. The first kappa shape index (κ1) is 17.5. The number of likely N-dealkylation sites (tertiary alicyclic amines) is 1. The van der Waals surface area contributed by atoms with Crippen LogP contribution in [-0.4, -0.2) is 65.4 Å². The van der Waals surface area contributed by atoms with Crippen molar-refractivity contribution in [2.75, 3.05) is 26.2 Å². The first-order valence-electron chi connectivity index (χ1n) is 8.67. The van der Waals surface area contributed by atoms with E-state index in [0.29, 0.717) is 24.7 Å². The van der Waals surface area contributed by atoms with Gasteiger partial charge in [-0.2, -0.15) is 0 Å². The van der Waals surface area contributed by atoms with Gasteiger partial charge >= 0.3 is 6.03 Å². The third-order valence-corrected chi connectivity index (χ3v) is 6.10. The number of imide groups is 1. The minimum atomic E-state index is -0.739. The zero-order valence-electron chi connectivity index (χ0n) is 13.9. The van der Waals surface area contributed by atoms with Gasteiger partial charge in [0.15, 0.2) is 0 Å². The van der Waals surface area contributed by atoms with Gasteiger partial charge in [-0.25, -0.2) is 9.69 Å². The van der Waals surface area contributed by atoms with Crippen LogP contribution >= 0.6 is 12.4 Å². The van der Waals surface area contributed by atoms with E-state index >= 15 is 0 Å². The zero-order valence-corrected chi connectivity index (χ0v) is 14.7. The van der Waals surface area contributed by atoms with E-state index in [-0.39, 0.29) is 24.2 Å². The van der Waals surface area contributed by atoms with Crippen LogP contribution in [0.5, 0.6) is 0 Å². The lowest BCUT2D eigenvalue weighted by atomic mass is 9.97. The molecule has 4 rings (SSSR count). The van der Waals surface area contributed by atoms with E-state index in [4.69, 9.17) is 0 Å². The lowest BCUT2D eigenvalue weighted by molar-refractivity contribution is -0.142. The van der Waals surface area contributed by atoms with E-state index in [0.717, 1.165) is 39.0 Å². The summed E-state index contributed by atoms with van der Waals surface area (Å²) in [6.07, 6.45) is 3.28. The standard InChI is InChI=1S/C16H24N4O3.ClH/c1-10(13(21)19-8-11-6-17-7-12(11)9-19)20-14(22)16(18-15(20)23)4-2-3-5-16;/h10-12,17H,2-9H2,1H3,(H,18,23);1H/t10?,11-,12+;. The van der Waals surface area contributed by atoms with Gasteiger partial charge in [-0.05, 0) is 31.6 Å². The number of amides is 4. The fourth-order valence-electron chi connectivity index (χ4n) is 4.72. The fraction of sp³-hybridized carbons (Fsp3) is 0.812. The molecular formula is C16H25ClN4O3. The van der Waals surface area contributed by atoms with Crippen LogP contribution in [0.2, 0.25) is 0 Å². The molecule has 3 heterocycles. The molecule has 1 spiro atoms. The van der Waals surface area contributed by atoms with Gasteiger partial charge in [-0.15, -0.1) is 12.4 Å². The number of carbonyl (C=O) groups excluding carboxylic acids is 3. The van der Waals surface area contributed by atoms with Crippen LogP contribution in [0.4, 0.5) is 4.79 Å². The summed E-state index contributed by atoms with van der Waals surface area (Å²) in [5.74, 6) is 0.714. The van der Waals surface area contributed by atoms with E-state index in [1.807, 2.05) is 4.90 Å². The summed E-state index contributed by atoms with van der Waals surface area (Å²) < 4.78 is 0. The Hall–Kier alpha value is -1.34. The van der Waals surface area contributed by atoms with E-state index in [9.17, 15) is 14.4 Å². The first-order chi connectivity index (χ1) is 11.0. The fourth-order valence-corrected chi connectivity index (χ4v) is 4.72. The molecular weight excluding hydrogens is 332 g/mol. The lowest BCUT2D eigenvalue weighted by Crippen LogP contribution is -2.51. The minimum Gasteiger partial charge on any atom is -0.340 e. The van der Waals surface area contributed by atoms with Gasteiger partial charge in [-0.3, -0.25) is 9.59 Å². The smallest absolute Gasteiger partial charge is 0.325 e. The van der Waals surface area contributed by atoms with Crippen molar-refractivity contribution in [2.24, 2.45) is 11.8 Å². The van der Waals surface area contributed by atoms with Crippen LogP contribution in [0.25, 0.3) is 0 Å². The number of fused-ring (bicyclic) bond motifs is 1. The summed E-state index contributed by atoms with van der Waals surface area (Å²) in [5, 5.41) is 6.20. The van der Waals surface area contributed by atoms with Crippen molar-refractivity contribution < 1.29 is 14.4 Å². The van der Waals surface area contributed by atoms with Gasteiger partial charge in [0.1, 0.15) is 11.6 Å². The van der Waals surface area contributed by atoms with Gasteiger partial charge in [-0.1, -0.05) is 12.8 Å². The molecule has 1 unspecified atom stereocenters. The van der Waals surface area contributed by atoms with Crippen molar-refractivity contribution in [3.8, 4) is 0 Å². The number of rotatable bonds is 2. The molecule has 8 heteroatoms. The van der Waals surface area contributed by atoms with Crippen molar-refractivity contribution in [3.05, 3.63) is 0 Å². The van der Waals surface area contributed by atoms with Gasteiger partial charge in [0, 0.05) is 26.2 Å². The summed E-state index contributed by atoms with van der Waals surface area (Å²) in [6.45, 7) is 5.05. The summed E-state index contributed by atoms with van der Waals surface area (Å²) in [5.41, 5.74) is -0.739. The molecule has 1 saturated carbocycles. The molecule has 7 nitrogen and oxygen atoms in total. The normalized spacial score (nSPS) is 32.0. The number of halogens is 1. The number of nitrogens with one attached hydrogen (secondary N) is 2. The highest BCUT2D eigenvalue weighted by molar-refractivity contribution is 6.10. The maximum Gasteiger partial charge on any atom is 0.325 e. The average Bonchev–Trinajstić information content (AvgIpc) is 3.24. The Kier molecular flexibility index (Phi) is 4.51. The molecule has 4 fully saturated rings. The monoisotopic (exact) mass is 356 g/mol. The molecule has 4 amide bonds. The Morgan fingerprint density at radius 3 is 2.33 bits per heavy atom. The molecule has 1 aliphatic carbocycles. The third kappa shape index (κ3) is 2.49. The second-order valence-corrected chi connectivity index (χ2v) is 7.49. The average molecular weight is 357 g/mol. The van der Waals surface area contributed by atoms with Crippen LogP contribution in [0.3, 0.4) is 0 Å². The maximum atomic E-state index is 12.8. The summed E-state index contributed by atoms with van der Waals surface area (Å²) in [7, 11) is 0. The van der Waals surface area contributed by atoms with E-state index in [1.165, 1.54) is 4.90 Å². The van der Waals surface area contributed by atoms with E-state index < -0.39 is 17.6 Å². The number of hydrogen-bond donors (Lipinski definition) is 2. The summed E-state index contributed by atoms with van der Waals surface area (Å²) in [4.78, 5) is 40.9. The van der Waals surface area contributed by atoms with E-state index in [1.54, 1.807) is 6.92 Å². The summed E-state index contributed by atoms with van der Waals surface area (Å²) in [6, 6.07) is -1.12. The quantitative estimate of drug-likeness (QED) is 0.699. The SMILES string of the molecule is CC(C(=O)N1C[C@H]2CNC[C@H]2C1)N1C(=O)NC2(CCCC2)C1=O.Cl. The molecule has 3 aliphatic heterocycles. The van der Waals surface area contributed by atoms with Crippen molar-refractivity contribution in [2.45, 2.75) is 44.2 Å². The molecule has 3 atom stereocenters. The minimum absolute atomic E-state index is 0. The van der Waals surface area contributed by atoms with E-state index in [2.05, 4.69) is 10.6 Å². The Morgan fingerprint density at radius 1 is 1.17 bits per heavy atom. The van der Waals surface area contributed by atoms with Gasteiger partial charge < -0.3 is 15.5 Å². The van der Waals surface area contributed by atoms with Crippen LogP contribution in [-0.2, 0) is 9.59 Å². The molecule has 0 radical (unpaired) electrons. The lowest BCUT2D eigenvalue weighted by Gasteiger charge is -2.27. The van der Waals surface area contributed by atoms with Crippen LogP contribution in [0, 0.1) is 11.8 Å². The number of nitrogens with zero attached hydrogens (tertiary/aromatic N) is 2. The molecule has 2 N–H and O–H groups in total. The molecule has 0 aromatic rings. The number of hydrogen-bond acceptors (Lipinski definition) is 4. The van der Waals surface area contributed by atoms with Crippen LogP contribution in [0.1, 0.15) is 32.6 Å². The van der Waals surface area contributed by atoms with Gasteiger partial charge in [0.05, 0.1) is 0 Å². The molecule has 0 bridgehead atoms. The van der Waals surface area contributed by atoms with Gasteiger partial charge in [0.2, 0.25) is 5.91 Å². The summed E-state index contributed by atoms with van der Waals surface area (Å²) >= 11 is 0. The Bertz CT molecular complexity index is 552. The maximum absolute atomic E-state index is 12.8. The Labute approximate surface area is 147 Å². The molecule has 3 saturated heterocycles. The van der Waals surface area contributed by atoms with Crippen molar-refractivity contribution in [1.82, 2.24) is 20.4 Å².